The molecule has 19 heavy (non-hydrogen) atoms. The summed E-state index contributed by atoms with van der Waals surface area (Å²) in [6, 6.07) is 9.30. The largest absolute Gasteiger partial charge is 0.437 e. The number of aryl methyl sites for hydroxylation is 1. The zero-order valence-corrected chi connectivity index (χ0v) is 12.2. The number of hydrogen-bond donors (Lipinski definition) is 1. The number of benzene rings is 1. The number of nitrogens with one attached hydrogen (secondary N) is 1. The van der Waals surface area contributed by atoms with Crippen molar-refractivity contribution in [3.05, 3.63) is 45.9 Å². The average molecular weight is 297 g/mol. The maximum Gasteiger partial charge on any atom is 0.240 e. The summed E-state index contributed by atoms with van der Waals surface area (Å²) in [6.45, 7) is 4.68. The summed E-state index contributed by atoms with van der Waals surface area (Å²) < 4.78 is 5.69. The molecule has 0 amide bonds. The van der Waals surface area contributed by atoms with Gasteiger partial charge in [0.25, 0.3) is 0 Å². The highest BCUT2D eigenvalue weighted by molar-refractivity contribution is 6.36. The molecule has 2 rings (SSSR count). The minimum atomic E-state index is 0.340. The molecule has 0 aliphatic rings. The quantitative estimate of drug-likeness (QED) is 0.869. The van der Waals surface area contributed by atoms with Gasteiger partial charge in [-0.25, -0.2) is 0 Å². The number of ether oxygens (including phenoxy) is 1. The van der Waals surface area contributed by atoms with E-state index in [0.29, 0.717) is 27.5 Å². The second-order valence-electron chi connectivity index (χ2n) is 4.05. The smallest absolute Gasteiger partial charge is 0.240 e. The van der Waals surface area contributed by atoms with Crippen LogP contribution in [0, 0.1) is 6.92 Å². The third-order valence-electron chi connectivity index (χ3n) is 2.45. The highest BCUT2D eigenvalue weighted by Gasteiger charge is 2.11. The number of rotatable bonds is 4. The van der Waals surface area contributed by atoms with Crippen LogP contribution in [0.1, 0.15) is 12.5 Å². The van der Waals surface area contributed by atoms with Crippen LogP contribution in [0.25, 0.3) is 0 Å². The summed E-state index contributed by atoms with van der Waals surface area (Å²) in [5.41, 5.74) is 1.11. The van der Waals surface area contributed by atoms with Gasteiger partial charge in [-0.2, -0.15) is 4.98 Å². The predicted molar refractivity (Wildman–Crippen MR) is 79.7 cm³/mol. The summed E-state index contributed by atoms with van der Waals surface area (Å²) in [4.78, 5) is 4.29. The molecule has 0 fully saturated rings. The molecular formula is C14H14Cl2N2O. The van der Waals surface area contributed by atoms with Gasteiger partial charge in [0.1, 0.15) is 16.6 Å². The predicted octanol–water partition coefficient (Wildman–Crippen LogP) is 4.92. The van der Waals surface area contributed by atoms with Crippen LogP contribution in [0.15, 0.2) is 30.3 Å². The Morgan fingerprint density at radius 1 is 1.21 bits per heavy atom. The Morgan fingerprint density at radius 2 is 2.00 bits per heavy atom. The number of nitrogens with zero attached hydrogens (tertiary/aromatic N) is 1. The van der Waals surface area contributed by atoms with Crippen molar-refractivity contribution in [3.63, 3.8) is 0 Å². The Hall–Kier alpha value is -1.45. The van der Waals surface area contributed by atoms with E-state index in [9.17, 15) is 0 Å². The lowest BCUT2D eigenvalue weighted by Gasteiger charge is -2.11. The minimum absolute atomic E-state index is 0.340. The highest BCUT2D eigenvalue weighted by Crippen LogP contribution is 2.33. The molecule has 0 bridgehead atoms. The third kappa shape index (κ3) is 3.52. The van der Waals surface area contributed by atoms with Crippen molar-refractivity contribution in [2.45, 2.75) is 13.8 Å². The molecule has 5 heteroatoms. The first-order chi connectivity index (χ1) is 9.10. The Balaban J connectivity index is 2.31. The molecule has 1 N–H and O–H groups in total. The molecule has 1 heterocycles. The van der Waals surface area contributed by atoms with E-state index >= 15 is 0 Å². The standard InChI is InChI=1S/C14H14Cl2N2O/c1-3-17-13-11(15)8-12(16)14(18-13)19-10-6-4-5-9(2)7-10/h4-8H,3H2,1-2H3,(H,17,18). The molecule has 0 saturated carbocycles. The van der Waals surface area contributed by atoms with Crippen LogP contribution in [-0.2, 0) is 0 Å². The Morgan fingerprint density at radius 3 is 2.68 bits per heavy atom. The van der Waals surface area contributed by atoms with Crippen LogP contribution in [0.4, 0.5) is 5.82 Å². The van der Waals surface area contributed by atoms with Crippen molar-refractivity contribution in [2.24, 2.45) is 0 Å². The SMILES string of the molecule is CCNc1nc(Oc2cccc(C)c2)c(Cl)cc1Cl. The van der Waals surface area contributed by atoms with E-state index in [1.54, 1.807) is 6.07 Å². The molecule has 0 atom stereocenters. The first-order valence-electron chi connectivity index (χ1n) is 5.94. The topological polar surface area (TPSA) is 34.2 Å². The molecule has 1 aromatic heterocycles. The van der Waals surface area contributed by atoms with Crippen LogP contribution in [0.3, 0.4) is 0 Å². The van der Waals surface area contributed by atoms with Gasteiger partial charge in [-0.15, -0.1) is 0 Å². The lowest BCUT2D eigenvalue weighted by atomic mass is 10.2. The van der Waals surface area contributed by atoms with Crippen molar-refractivity contribution in [2.75, 3.05) is 11.9 Å². The molecule has 0 radical (unpaired) electrons. The minimum Gasteiger partial charge on any atom is -0.437 e. The summed E-state index contributed by atoms with van der Waals surface area (Å²) in [5, 5.41) is 3.92. The van der Waals surface area contributed by atoms with E-state index in [1.165, 1.54) is 0 Å². The van der Waals surface area contributed by atoms with E-state index < -0.39 is 0 Å². The van der Waals surface area contributed by atoms with E-state index in [0.717, 1.165) is 12.1 Å². The number of aromatic nitrogens is 1. The van der Waals surface area contributed by atoms with Gasteiger partial charge in [0, 0.05) is 6.54 Å². The molecule has 1 aromatic carbocycles. The van der Waals surface area contributed by atoms with Gasteiger partial charge in [0.2, 0.25) is 5.88 Å². The number of pyridine rings is 1. The zero-order chi connectivity index (χ0) is 13.8. The van der Waals surface area contributed by atoms with E-state index in [1.807, 2.05) is 38.1 Å². The van der Waals surface area contributed by atoms with Crippen LogP contribution < -0.4 is 10.1 Å². The van der Waals surface area contributed by atoms with E-state index in [2.05, 4.69) is 10.3 Å². The fraction of sp³-hybridized carbons (Fsp3) is 0.214. The van der Waals surface area contributed by atoms with Gasteiger partial charge in [-0.05, 0) is 37.6 Å². The average Bonchev–Trinajstić information content (AvgIpc) is 2.35. The molecule has 2 aromatic rings. The molecule has 0 spiro atoms. The monoisotopic (exact) mass is 296 g/mol. The second-order valence-corrected chi connectivity index (χ2v) is 4.87. The van der Waals surface area contributed by atoms with Gasteiger partial charge < -0.3 is 10.1 Å². The van der Waals surface area contributed by atoms with Gasteiger partial charge in [-0.3, -0.25) is 0 Å². The van der Waals surface area contributed by atoms with Crippen molar-refractivity contribution >= 4 is 29.0 Å². The Labute approximate surface area is 122 Å². The van der Waals surface area contributed by atoms with Gasteiger partial charge in [0.15, 0.2) is 0 Å². The first kappa shape index (κ1) is 14.0. The molecule has 0 aliphatic heterocycles. The third-order valence-corrected chi connectivity index (χ3v) is 3.00. The number of hydrogen-bond acceptors (Lipinski definition) is 3. The fourth-order valence-corrected chi connectivity index (χ4v) is 2.07. The van der Waals surface area contributed by atoms with Crippen LogP contribution in [0.2, 0.25) is 10.0 Å². The van der Waals surface area contributed by atoms with E-state index in [4.69, 9.17) is 27.9 Å². The van der Waals surface area contributed by atoms with Crippen LogP contribution >= 0.6 is 23.2 Å². The summed E-state index contributed by atoms with van der Waals surface area (Å²) in [6.07, 6.45) is 0. The van der Waals surface area contributed by atoms with Gasteiger partial charge in [-0.1, -0.05) is 35.3 Å². The maximum absolute atomic E-state index is 6.09. The molecule has 0 aliphatic carbocycles. The van der Waals surface area contributed by atoms with Crippen LogP contribution in [0.5, 0.6) is 11.6 Å². The molecule has 0 saturated heterocycles. The molecule has 100 valence electrons. The van der Waals surface area contributed by atoms with Crippen molar-refractivity contribution < 1.29 is 4.74 Å². The molecule has 0 unspecified atom stereocenters. The van der Waals surface area contributed by atoms with Crippen LogP contribution in [-0.4, -0.2) is 11.5 Å². The van der Waals surface area contributed by atoms with Gasteiger partial charge in [0.05, 0.1) is 5.02 Å². The maximum atomic E-state index is 6.09. The van der Waals surface area contributed by atoms with E-state index in [-0.39, 0.29) is 0 Å². The zero-order valence-electron chi connectivity index (χ0n) is 10.7. The van der Waals surface area contributed by atoms with Gasteiger partial charge >= 0.3 is 0 Å². The van der Waals surface area contributed by atoms with Crippen molar-refractivity contribution in [1.82, 2.24) is 4.98 Å². The second kappa shape index (κ2) is 6.13. The van der Waals surface area contributed by atoms with Crippen molar-refractivity contribution in [3.8, 4) is 11.6 Å². The Bertz CT molecular complexity index is 588. The normalized spacial score (nSPS) is 10.3. The lowest BCUT2D eigenvalue weighted by Crippen LogP contribution is -2.01. The fourth-order valence-electron chi connectivity index (χ4n) is 1.60. The molecular weight excluding hydrogens is 283 g/mol. The summed E-state index contributed by atoms with van der Waals surface area (Å²) in [7, 11) is 0. The number of halogens is 2. The summed E-state index contributed by atoms with van der Waals surface area (Å²) >= 11 is 12.1. The Kier molecular flexibility index (Phi) is 4.51. The molecule has 3 nitrogen and oxygen atoms in total. The number of anilines is 1. The lowest BCUT2D eigenvalue weighted by molar-refractivity contribution is 0.463. The first-order valence-corrected chi connectivity index (χ1v) is 6.70. The highest BCUT2D eigenvalue weighted by atomic mass is 35.5. The summed E-state index contributed by atoms with van der Waals surface area (Å²) in [5.74, 6) is 1.60. The van der Waals surface area contributed by atoms with Crippen molar-refractivity contribution in [1.29, 1.82) is 0 Å².